The number of piperidine rings is 1. The van der Waals surface area contributed by atoms with Crippen molar-refractivity contribution < 1.29 is 9.59 Å². The van der Waals surface area contributed by atoms with E-state index in [9.17, 15) is 9.59 Å². The first-order chi connectivity index (χ1) is 8.79. The molecule has 2 fully saturated rings. The first kappa shape index (κ1) is 14.3. The summed E-state index contributed by atoms with van der Waals surface area (Å²) in [6.45, 7) is 8.07. The second kappa shape index (κ2) is 5.12. The minimum atomic E-state index is -0.198. The molecule has 0 aromatic carbocycles. The number of hydrogen-bond acceptors (Lipinski definition) is 3. The van der Waals surface area contributed by atoms with Crippen LogP contribution < -0.4 is 5.73 Å². The molecule has 0 spiro atoms. The average Bonchev–Trinajstić information content (AvgIpc) is 2.71. The lowest BCUT2D eigenvalue weighted by Crippen LogP contribution is -2.46. The van der Waals surface area contributed by atoms with E-state index < -0.39 is 0 Å². The molecule has 1 unspecified atom stereocenters. The molecule has 0 aromatic rings. The topological polar surface area (TPSA) is 66.6 Å². The Morgan fingerprint density at radius 2 is 1.84 bits per heavy atom. The highest BCUT2D eigenvalue weighted by Crippen LogP contribution is 2.27. The fourth-order valence-corrected chi connectivity index (χ4v) is 2.90. The number of nitrogens with zero attached hydrogens (tertiary/aromatic N) is 2. The quantitative estimate of drug-likeness (QED) is 0.756. The van der Waals surface area contributed by atoms with E-state index in [-0.39, 0.29) is 29.3 Å². The Balaban J connectivity index is 1.96. The van der Waals surface area contributed by atoms with Gasteiger partial charge in [0.1, 0.15) is 0 Å². The first-order valence-corrected chi connectivity index (χ1v) is 7.14. The molecule has 5 nitrogen and oxygen atoms in total. The molecule has 0 aromatic heterocycles. The van der Waals surface area contributed by atoms with E-state index in [1.54, 1.807) is 0 Å². The normalized spacial score (nSPS) is 26.1. The molecule has 2 saturated heterocycles. The summed E-state index contributed by atoms with van der Waals surface area (Å²) < 4.78 is 0. The van der Waals surface area contributed by atoms with Crippen molar-refractivity contribution >= 4 is 11.8 Å². The molecule has 2 heterocycles. The van der Waals surface area contributed by atoms with Crippen LogP contribution in [0.4, 0.5) is 0 Å². The number of amides is 2. The van der Waals surface area contributed by atoms with Crippen LogP contribution >= 0.6 is 0 Å². The summed E-state index contributed by atoms with van der Waals surface area (Å²) in [5.74, 6) is 0.0626. The van der Waals surface area contributed by atoms with E-state index in [0.29, 0.717) is 13.0 Å². The van der Waals surface area contributed by atoms with Crippen LogP contribution in [0.5, 0.6) is 0 Å². The molecule has 2 aliphatic heterocycles. The zero-order valence-electron chi connectivity index (χ0n) is 12.2. The maximum absolute atomic E-state index is 12.4. The van der Waals surface area contributed by atoms with Gasteiger partial charge in [-0.15, -0.1) is 0 Å². The summed E-state index contributed by atoms with van der Waals surface area (Å²) in [5.41, 5.74) is 5.65. The number of carbonyl (C=O) groups excluding carboxylic acids is 2. The van der Waals surface area contributed by atoms with Crippen LogP contribution in [0.15, 0.2) is 0 Å². The monoisotopic (exact) mass is 267 g/mol. The Labute approximate surface area is 115 Å². The van der Waals surface area contributed by atoms with Crippen molar-refractivity contribution in [3.05, 3.63) is 0 Å². The van der Waals surface area contributed by atoms with Gasteiger partial charge in [-0.2, -0.15) is 0 Å². The smallest absolute Gasteiger partial charge is 0.227 e. The van der Waals surface area contributed by atoms with Gasteiger partial charge in [0.05, 0.1) is 5.92 Å². The maximum Gasteiger partial charge on any atom is 0.227 e. The van der Waals surface area contributed by atoms with Gasteiger partial charge in [0.25, 0.3) is 0 Å². The van der Waals surface area contributed by atoms with Crippen LogP contribution in [0.1, 0.15) is 40.0 Å². The molecule has 19 heavy (non-hydrogen) atoms. The molecule has 0 bridgehead atoms. The van der Waals surface area contributed by atoms with Gasteiger partial charge in [0.15, 0.2) is 0 Å². The molecule has 5 heteroatoms. The highest BCUT2D eigenvalue weighted by Gasteiger charge is 2.41. The summed E-state index contributed by atoms with van der Waals surface area (Å²) in [4.78, 5) is 28.1. The fourth-order valence-electron chi connectivity index (χ4n) is 2.90. The van der Waals surface area contributed by atoms with Crippen molar-refractivity contribution in [3.63, 3.8) is 0 Å². The van der Waals surface area contributed by atoms with Gasteiger partial charge in [0.2, 0.25) is 11.8 Å². The zero-order valence-corrected chi connectivity index (χ0v) is 12.2. The summed E-state index contributed by atoms with van der Waals surface area (Å²) in [6.07, 6.45) is 2.10. The van der Waals surface area contributed by atoms with Gasteiger partial charge in [-0.3, -0.25) is 9.59 Å². The molecule has 0 aliphatic carbocycles. The summed E-state index contributed by atoms with van der Waals surface area (Å²) >= 11 is 0. The number of rotatable bonds is 1. The SMILES string of the molecule is CC(C)(C)N1CC(C(=O)N2CCC(N)CC2)CC1=O. The van der Waals surface area contributed by atoms with Crippen LogP contribution in [0.25, 0.3) is 0 Å². The number of carbonyl (C=O) groups is 2. The van der Waals surface area contributed by atoms with Gasteiger partial charge >= 0.3 is 0 Å². The second-order valence-corrected chi connectivity index (χ2v) is 6.74. The predicted octanol–water partition coefficient (Wildman–Crippen LogP) is 0.583. The molecule has 1 atom stereocenters. The van der Waals surface area contributed by atoms with Crippen molar-refractivity contribution in [2.75, 3.05) is 19.6 Å². The highest BCUT2D eigenvalue weighted by molar-refractivity contribution is 5.89. The van der Waals surface area contributed by atoms with E-state index >= 15 is 0 Å². The van der Waals surface area contributed by atoms with E-state index in [1.807, 2.05) is 30.6 Å². The molecule has 2 N–H and O–H groups in total. The van der Waals surface area contributed by atoms with Crippen LogP contribution in [0.2, 0.25) is 0 Å². The predicted molar refractivity (Wildman–Crippen MR) is 73.4 cm³/mol. The van der Waals surface area contributed by atoms with Gasteiger partial charge < -0.3 is 15.5 Å². The van der Waals surface area contributed by atoms with E-state index in [0.717, 1.165) is 25.9 Å². The third-order valence-electron chi connectivity index (χ3n) is 4.14. The minimum Gasteiger partial charge on any atom is -0.342 e. The van der Waals surface area contributed by atoms with Gasteiger partial charge in [-0.25, -0.2) is 0 Å². The van der Waals surface area contributed by atoms with Crippen LogP contribution in [0, 0.1) is 5.92 Å². The lowest BCUT2D eigenvalue weighted by Gasteiger charge is -2.34. The molecular weight excluding hydrogens is 242 g/mol. The van der Waals surface area contributed by atoms with Crippen molar-refractivity contribution in [3.8, 4) is 0 Å². The third kappa shape index (κ3) is 3.08. The van der Waals surface area contributed by atoms with Crippen molar-refractivity contribution in [2.24, 2.45) is 11.7 Å². The van der Waals surface area contributed by atoms with Gasteiger partial charge in [-0.1, -0.05) is 0 Å². The minimum absolute atomic E-state index is 0.0968. The Bertz CT molecular complexity index is 367. The van der Waals surface area contributed by atoms with Crippen LogP contribution in [-0.4, -0.2) is 52.8 Å². The van der Waals surface area contributed by atoms with E-state index in [2.05, 4.69) is 0 Å². The van der Waals surface area contributed by atoms with Gasteiger partial charge in [0, 0.05) is 37.6 Å². The van der Waals surface area contributed by atoms with Crippen LogP contribution in [-0.2, 0) is 9.59 Å². The Morgan fingerprint density at radius 3 is 2.32 bits per heavy atom. The average molecular weight is 267 g/mol. The molecule has 0 radical (unpaired) electrons. The molecule has 2 rings (SSSR count). The molecule has 108 valence electrons. The van der Waals surface area contributed by atoms with E-state index in [1.165, 1.54) is 0 Å². The summed E-state index contributed by atoms with van der Waals surface area (Å²) in [5, 5.41) is 0. The maximum atomic E-state index is 12.4. The zero-order chi connectivity index (χ0) is 14.2. The number of likely N-dealkylation sites (tertiary alicyclic amines) is 2. The van der Waals surface area contributed by atoms with E-state index in [4.69, 9.17) is 5.73 Å². The Hall–Kier alpha value is -1.10. The van der Waals surface area contributed by atoms with Crippen molar-refractivity contribution in [1.29, 1.82) is 0 Å². The lowest BCUT2D eigenvalue weighted by atomic mass is 10.0. The second-order valence-electron chi connectivity index (χ2n) is 6.74. The molecule has 2 aliphatic rings. The summed E-state index contributed by atoms with van der Waals surface area (Å²) in [7, 11) is 0. The highest BCUT2D eigenvalue weighted by atomic mass is 16.2. The van der Waals surface area contributed by atoms with Gasteiger partial charge in [-0.05, 0) is 33.6 Å². The fraction of sp³-hybridized carbons (Fsp3) is 0.857. The molecule has 2 amide bonds. The lowest BCUT2D eigenvalue weighted by molar-refractivity contribution is -0.136. The largest absolute Gasteiger partial charge is 0.342 e. The first-order valence-electron chi connectivity index (χ1n) is 7.14. The molecule has 0 saturated carbocycles. The number of nitrogens with two attached hydrogens (primary N) is 1. The standard InChI is InChI=1S/C14H25N3O2/c1-14(2,3)17-9-10(8-12(17)18)13(19)16-6-4-11(15)5-7-16/h10-11H,4-9,15H2,1-3H3. The van der Waals surface area contributed by atoms with Crippen molar-refractivity contribution in [1.82, 2.24) is 9.80 Å². The number of hydrogen-bond donors (Lipinski definition) is 1. The third-order valence-corrected chi connectivity index (χ3v) is 4.14. The Morgan fingerprint density at radius 1 is 1.26 bits per heavy atom. The summed E-state index contributed by atoms with van der Waals surface area (Å²) in [6, 6.07) is 0.223. The molecular formula is C14H25N3O2. The Kier molecular flexibility index (Phi) is 3.85. The van der Waals surface area contributed by atoms with Crippen molar-refractivity contribution in [2.45, 2.75) is 51.6 Å². The van der Waals surface area contributed by atoms with Crippen LogP contribution in [0.3, 0.4) is 0 Å².